The van der Waals surface area contributed by atoms with Crippen LogP contribution in [-0.2, 0) is 19.1 Å². The van der Waals surface area contributed by atoms with Gasteiger partial charge in [0.25, 0.3) is 0 Å². The van der Waals surface area contributed by atoms with E-state index in [1.165, 1.54) is 7.11 Å². The average molecular weight is 331 g/mol. The molecular formula is C17H33NO5. The fraction of sp³-hybridized carbons (Fsp3) is 0.882. The number of ether oxygens (including phenoxy) is 2. The molecule has 0 saturated carbocycles. The molecule has 0 aliphatic carbocycles. The smallest absolute Gasteiger partial charge is 0.323 e. The predicted molar refractivity (Wildman–Crippen MR) is 89.2 cm³/mol. The van der Waals surface area contributed by atoms with Crippen molar-refractivity contribution in [1.29, 1.82) is 0 Å². The van der Waals surface area contributed by atoms with Crippen LogP contribution in [0.25, 0.3) is 0 Å². The van der Waals surface area contributed by atoms with Gasteiger partial charge in [-0.25, -0.2) is 0 Å². The monoisotopic (exact) mass is 331 g/mol. The number of carbonyl (C=O) groups is 2. The van der Waals surface area contributed by atoms with Gasteiger partial charge in [0.1, 0.15) is 11.6 Å². The van der Waals surface area contributed by atoms with Crippen molar-refractivity contribution in [3.63, 3.8) is 0 Å². The van der Waals surface area contributed by atoms with Gasteiger partial charge in [-0.2, -0.15) is 0 Å². The summed E-state index contributed by atoms with van der Waals surface area (Å²) in [6, 6.07) is -0.424. The lowest BCUT2D eigenvalue weighted by molar-refractivity contribution is -0.145. The van der Waals surface area contributed by atoms with Gasteiger partial charge in [-0.3, -0.25) is 9.59 Å². The quantitative estimate of drug-likeness (QED) is 0.561. The van der Waals surface area contributed by atoms with Crippen molar-refractivity contribution in [3.8, 4) is 0 Å². The van der Waals surface area contributed by atoms with E-state index in [4.69, 9.17) is 9.47 Å². The van der Waals surface area contributed by atoms with Crippen molar-refractivity contribution in [2.24, 2.45) is 5.92 Å². The van der Waals surface area contributed by atoms with E-state index in [1.807, 2.05) is 13.8 Å². The topological polar surface area (TPSA) is 84.9 Å². The summed E-state index contributed by atoms with van der Waals surface area (Å²) in [5.41, 5.74) is -1.72. The Bertz CT molecular complexity index is 385. The molecule has 0 saturated heterocycles. The van der Waals surface area contributed by atoms with Gasteiger partial charge >= 0.3 is 5.97 Å². The maximum absolute atomic E-state index is 12.3. The Balaban J connectivity index is 4.33. The Morgan fingerprint density at radius 2 is 1.74 bits per heavy atom. The zero-order valence-corrected chi connectivity index (χ0v) is 15.6. The van der Waals surface area contributed by atoms with Gasteiger partial charge in [0.05, 0.1) is 19.3 Å². The van der Waals surface area contributed by atoms with E-state index in [0.717, 1.165) is 0 Å². The van der Waals surface area contributed by atoms with Crippen molar-refractivity contribution in [3.05, 3.63) is 0 Å². The van der Waals surface area contributed by atoms with Gasteiger partial charge in [0, 0.05) is 13.0 Å². The minimum Gasteiger partial charge on any atom is -0.468 e. The van der Waals surface area contributed by atoms with Gasteiger partial charge in [-0.05, 0) is 40.0 Å². The van der Waals surface area contributed by atoms with E-state index in [0.29, 0.717) is 19.6 Å². The molecule has 0 aromatic rings. The number of rotatable bonds is 11. The van der Waals surface area contributed by atoms with Crippen LogP contribution in [0.4, 0.5) is 0 Å². The third-order valence-electron chi connectivity index (χ3n) is 3.69. The van der Waals surface area contributed by atoms with Crippen molar-refractivity contribution in [2.75, 3.05) is 20.3 Å². The second-order valence-electron chi connectivity index (χ2n) is 7.29. The first-order valence-electron chi connectivity index (χ1n) is 8.11. The van der Waals surface area contributed by atoms with E-state index in [1.54, 1.807) is 27.7 Å². The maximum Gasteiger partial charge on any atom is 0.323 e. The molecule has 1 atom stereocenters. The van der Waals surface area contributed by atoms with Crippen LogP contribution >= 0.6 is 0 Å². The molecule has 0 spiro atoms. The summed E-state index contributed by atoms with van der Waals surface area (Å²) in [5.74, 6) is -0.296. The van der Waals surface area contributed by atoms with Gasteiger partial charge < -0.3 is 19.9 Å². The van der Waals surface area contributed by atoms with Crippen LogP contribution < -0.4 is 5.32 Å². The third-order valence-corrected chi connectivity index (χ3v) is 3.69. The van der Waals surface area contributed by atoms with Crippen molar-refractivity contribution in [1.82, 2.24) is 5.32 Å². The van der Waals surface area contributed by atoms with Crippen LogP contribution in [0.1, 0.15) is 54.4 Å². The fourth-order valence-corrected chi connectivity index (χ4v) is 2.00. The van der Waals surface area contributed by atoms with Crippen LogP contribution in [0.2, 0.25) is 0 Å². The van der Waals surface area contributed by atoms with Crippen molar-refractivity contribution < 1.29 is 24.2 Å². The average Bonchev–Trinajstić information content (AvgIpc) is 2.40. The Labute approximate surface area is 139 Å². The molecule has 0 aromatic carbocycles. The Morgan fingerprint density at radius 3 is 2.17 bits per heavy atom. The van der Waals surface area contributed by atoms with E-state index in [-0.39, 0.29) is 24.1 Å². The molecule has 2 N–H and O–H groups in total. The van der Waals surface area contributed by atoms with Crippen LogP contribution in [0.15, 0.2) is 0 Å². The second kappa shape index (κ2) is 9.35. The van der Waals surface area contributed by atoms with Gasteiger partial charge in [-0.15, -0.1) is 0 Å². The first-order chi connectivity index (χ1) is 10.4. The van der Waals surface area contributed by atoms with Crippen molar-refractivity contribution >= 4 is 11.8 Å². The minimum absolute atomic E-state index is 0.0480. The number of ketones is 1. The van der Waals surface area contributed by atoms with Crippen LogP contribution in [0, 0.1) is 5.92 Å². The molecule has 6 nitrogen and oxygen atoms in total. The SMILES string of the molecule is COC(=O)C(NCCC(=O)C(C)(C)OCCC(C)(C)O)C(C)C. The second-order valence-corrected chi connectivity index (χ2v) is 7.29. The summed E-state index contributed by atoms with van der Waals surface area (Å²) >= 11 is 0. The molecule has 0 rings (SSSR count). The molecule has 0 aromatic heterocycles. The third kappa shape index (κ3) is 9.03. The highest BCUT2D eigenvalue weighted by molar-refractivity contribution is 5.86. The number of methoxy groups -OCH3 is 1. The van der Waals surface area contributed by atoms with Gasteiger partial charge in [0.15, 0.2) is 5.78 Å². The molecule has 0 bridgehead atoms. The van der Waals surface area contributed by atoms with E-state index in [2.05, 4.69) is 5.32 Å². The molecule has 23 heavy (non-hydrogen) atoms. The molecule has 0 aliphatic rings. The number of Topliss-reactive ketones (excluding diaryl/α,β-unsaturated/α-hetero) is 1. The maximum atomic E-state index is 12.3. The first kappa shape index (κ1) is 22.0. The molecule has 0 amide bonds. The Morgan fingerprint density at radius 1 is 1.17 bits per heavy atom. The summed E-state index contributed by atoms with van der Waals surface area (Å²) in [6.07, 6.45) is 0.718. The van der Waals surface area contributed by atoms with Gasteiger partial charge in [0.2, 0.25) is 0 Å². The van der Waals surface area contributed by atoms with Crippen LogP contribution in [-0.4, -0.2) is 54.4 Å². The zero-order chi connectivity index (χ0) is 18.3. The first-order valence-corrected chi connectivity index (χ1v) is 8.11. The van der Waals surface area contributed by atoms with E-state index in [9.17, 15) is 14.7 Å². The molecule has 0 radical (unpaired) electrons. The summed E-state index contributed by atoms with van der Waals surface area (Å²) in [6.45, 7) is 11.4. The molecule has 0 aliphatic heterocycles. The Hall–Kier alpha value is -0.980. The number of esters is 1. The standard InChI is InChI=1S/C17H33NO5/c1-12(2)14(15(20)22-7)18-10-8-13(19)17(5,6)23-11-9-16(3,4)21/h12,14,18,21H,8-11H2,1-7H3. The van der Waals surface area contributed by atoms with Crippen molar-refractivity contribution in [2.45, 2.75) is 71.6 Å². The summed E-state index contributed by atoms with van der Waals surface area (Å²) in [4.78, 5) is 23.9. The minimum atomic E-state index is -0.911. The molecule has 0 fully saturated rings. The zero-order valence-electron chi connectivity index (χ0n) is 15.6. The number of aliphatic hydroxyl groups is 1. The lowest BCUT2D eigenvalue weighted by atomic mass is 9.99. The molecular weight excluding hydrogens is 298 g/mol. The number of nitrogens with one attached hydrogen (secondary N) is 1. The summed E-state index contributed by atoms with van der Waals surface area (Å²) in [7, 11) is 1.35. The summed E-state index contributed by atoms with van der Waals surface area (Å²) in [5, 5.41) is 12.7. The normalized spacial score (nSPS) is 14.0. The van der Waals surface area contributed by atoms with Crippen LogP contribution in [0.3, 0.4) is 0 Å². The molecule has 0 heterocycles. The molecule has 136 valence electrons. The fourth-order valence-electron chi connectivity index (χ4n) is 2.00. The lowest BCUT2D eigenvalue weighted by Gasteiger charge is -2.26. The van der Waals surface area contributed by atoms with E-state index >= 15 is 0 Å². The Kier molecular flexibility index (Phi) is 8.95. The van der Waals surface area contributed by atoms with E-state index < -0.39 is 17.2 Å². The number of hydrogen-bond donors (Lipinski definition) is 2. The molecule has 6 heteroatoms. The number of carbonyl (C=O) groups excluding carboxylic acids is 2. The molecule has 1 unspecified atom stereocenters. The highest BCUT2D eigenvalue weighted by atomic mass is 16.5. The highest BCUT2D eigenvalue weighted by Crippen LogP contribution is 2.16. The predicted octanol–water partition coefficient (Wildman–Crippen LogP) is 1.69. The number of hydrogen-bond acceptors (Lipinski definition) is 6. The van der Waals surface area contributed by atoms with Crippen LogP contribution in [0.5, 0.6) is 0 Å². The lowest BCUT2D eigenvalue weighted by Crippen LogP contribution is -2.44. The largest absolute Gasteiger partial charge is 0.468 e. The summed E-state index contributed by atoms with van der Waals surface area (Å²) < 4.78 is 10.4. The highest BCUT2D eigenvalue weighted by Gasteiger charge is 2.29. The van der Waals surface area contributed by atoms with Gasteiger partial charge in [-0.1, -0.05) is 13.8 Å².